The third-order valence-corrected chi connectivity index (χ3v) is 6.76. The number of carbonyl (C=O) groups excluding carboxylic acids is 3. The summed E-state index contributed by atoms with van der Waals surface area (Å²) in [6, 6.07) is 5.14. The van der Waals surface area contributed by atoms with Gasteiger partial charge < -0.3 is 25.1 Å². The molecule has 0 aromatic heterocycles. The van der Waals surface area contributed by atoms with Crippen LogP contribution in [0.25, 0.3) is 0 Å². The lowest BCUT2D eigenvalue weighted by Gasteiger charge is -2.41. The van der Waals surface area contributed by atoms with E-state index in [1.54, 1.807) is 34.1 Å². The fraction of sp³-hybridized carbons (Fsp3) is 0.609. The van der Waals surface area contributed by atoms with E-state index < -0.39 is 24.0 Å². The topological polar surface area (TPSA) is 93.2 Å². The number of unbranched alkanes of at least 4 members (excludes halogenated alkanes) is 1. The Balaban J connectivity index is 1.55. The van der Waals surface area contributed by atoms with Crippen molar-refractivity contribution in [2.75, 3.05) is 33.7 Å². The van der Waals surface area contributed by atoms with Crippen molar-refractivity contribution < 1.29 is 19.5 Å². The molecule has 0 radical (unpaired) electrons. The van der Waals surface area contributed by atoms with Crippen LogP contribution in [0.1, 0.15) is 43.7 Å². The summed E-state index contributed by atoms with van der Waals surface area (Å²) in [6.07, 6.45) is 3.72. The van der Waals surface area contributed by atoms with Crippen molar-refractivity contribution in [1.82, 2.24) is 20.0 Å². The molecule has 3 aliphatic rings. The molecule has 3 amide bonds. The number of fused-ring (bicyclic) bond motifs is 2. The predicted octanol–water partition coefficient (Wildman–Crippen LogP) is 1.11. The standard InChI is InChI=1S/C23H32N4O4/c1-25(2)12-4-3-11-24-21(29)17-14-19-22(30)26-13-5-6-18(26)23(31)27(19)20(17)15-7-9-16(28)10-8-15/h7-10,17-20,28H,3-6,11-14H2,1-2H3,(H,24,29)/t17-,18+,19-,20-/m1/s1. The Labute approximate surface area is 183 Å². The number of aromatic hydroxyl groups is 1. The summed E-state index contributed by atoms with van der Waals surface area (Å²) in [6.45, 7) is 2.16. The lowest BCUT2D eigenvalue weighted by atomic mass is 9.92. The second kappa shape index (κ2) is 8.86. The summed E-state index contributed by atoms with van der Waals surface area (Å²) in [5.74, 6) is -0.564. The maximum absolute atomic E-state index is 13.4. The highest BCUT2D eigenvalue weighted by atomic mass is 16.3. The van der Waals surface area contributed by atoms with Crippen LogP contribution < -0.4 is 5.32 Å². The fourth-order valence-electron chi connectivity index (χ4n) is 5.24. The first-order valence-corrected chi connectivity index (χ1v) is 11.2. The van der Waals surface area contributed by atoms with Gasteiger partial charge in [0.25, 0.3) is 0 Å². The van der Waals surface area contributed by atoms with E-state index in [1.807, 2.05) is 14.1 Å². The third kappa shape index (κ3) is 4.13. The van der Waals surface area contributed by atoms with Crippen molar-refractivity contribution in [1.29, 1.82) is 0 Å². The Morgan fingerprint density at radius 3 is 2.58 bits per heavy atom. The van der Waals surface area contributed by atoms with E-state index in [4.69, 9.17) is 0 Å². The van der Waals surface area contributed by atoms with Gasteiger partial charge in [-0.15, -0.1) is 0 Å². The van der Waals surface area contributed by atoms with Crippen LogP contribution in [0.3, 0.4) is 0 Å². The lowest BCUT2D eigenvalue weighted by Crippen LogP contribution is -2.60. The minimum absolute atomic E-state index is 0.0350. The molecule has 31 heavy (non-hydrogen) atoms. The van der Waals surface area contributed by atoms with Crippen LogP contribution in [0.5, 0.6) is 5.75 Å². The molecule has 0 aliphatic carbocycles. The maximum atomic E-state index is 13.4. The molecule has 0 unspecified atom stereocenters. The first-order chi connectivity index (χ1) is 14.9. The number of phenolic OH excluding ortho intramolecular Hbond substituents is 1. The minimum Gasteiger partial charge on any atom is -0.508 e. The second-order valence-electron chi connectivity index (χ2n) is 9.13. The minimum atomic E-state index is -0.592. The van der Waals surface area contributed by atoms with Gasteiger partial charge in [-0.3, -0.25) is 14.4 Å². The van der Waals surface area contributed by atoms with Gasteiger partial charge in [0.1, 0.15) is 17.8 Å². The summed E-state index contributed by atoms with van der Waals surface area (Å²) < 4.78 is 0. The zero-order chi connectivity index (χ0) is 22.1. The Morgan fingerprint density at radius 1 is 1.13 bits per heavy atom. The first kappa shape index (κ1) is 21.6. The van der Waals surface area contributed by atoms with Gasteiger partial charge in [0.2, 0.25) is 17.7 Å². The number of hydrogen-bond acceptors (Lipinski definition) is 5. The van der Waals surface area contributed by atoms with Crippen LogP contribution in [0.15, 0.2) is 24.3 Å². The molecule has 3 saturated heterocycles. The molecule has 3 aliphatic heterocycles. The van der Waals surface area contributed by atoms with Gasteiger partial charge in [-0.25, -0.2) is 0 Å². The summed E-state index contributed by atoms with van der Waals surface area (Å²) in [4.78, 5) is 45.2. The largest absolute Gasteiger partial charge is 0.508 e. The summed E-state index contributed by atoms with van der Waals surface area (Å²) >= 11 is 0. The van der Waals surface area contributed by atoms with E-state index in [9.17, 15) is 19.5 Å². The van der Waals surface area contributed by atoms with E-state index in [0.717, 1.165) is 31.4 Å². The van der Waals surface area contributed by atoms with Crippen molar-refractivity contribution >= 4 is 17.7 Å². The maximum Gasteiger partial charge on any atom is 0.246 e. The molecule has 1 aromatic rings. The normalized spacial score (nSPS) is 27.6. The first-order valence-electron chi connectivity index (χ1n) is 11.2. The molecule has 8 nitrogen and oxygen atoms in total. The van der Waals surface area contributed by atoms with Crippen LogP contribution >= 0.6 is 0 Å². The van der Waals surface area contributed by atoms with Crippen LogP contribution in [-0.4, -0.2) is 83.3 Å². The average molecular weight is 429 g/mol. The molecule has 0 spiro atoms. The quantitative estimate of drug-likeness (QED) is 0.635. The van der Waals surface area contributed by atoms with Crippen LogP contribution in [0.2, 0.25) is 0 Å². The Morgan fingerprint density at radius 2 is 1.87 bits per heavy atom. The van der Waals surface area contributed by atoms with Crippen LogP contribution in [0, 0.1) is 5.92 Å². The lowest BCUT2D eigenvalue weighted by molar-refractivity contribution is -0.159. The van der Waals surface area contributed by atoms with Crippen LogP contribution in [0.4, 0.5) is 0 Å². The van der Waals surface area contributed by atoms with Crippen molar-refractivity contribution in [3.63, 3.8) is 0 Å². The molecule has 0 bridgehead atoms. The number of amides is 3. The van der Waals surface area contributed by atoms with Gasteiger partial charge in [0.15, 0.2) is 0 Å². The molecule has 0 saturated carbocycles. The number of phenols is 1. The van der Waals surface area contributed by atoms with Crippen molar-refractivity contribution in [2.24, 2.45) is 5.92 Å². The molecule has 168 valence electrons. The third-order valence-electron chi connectivity index (χ3n) is 6.76. The number of nitrogens with zero attached hydrogens (tertiary/aromatic N) is 3. The van der Waals surface area contributed by atoms with E-state index in [0.29, 0.717) is 25.9 Å². The second-order valence-corrected chi connectivity index (χ2v) is 9.13. The summed E-state index contributed by atoms with van der Waals surface area (Å²) in [7, 11) is 4.05. The monoisotopic (exact) mass is 428 g/mol. The molecule has 3 fully saturated rings. The molecule has 2 N–H and O–H groups in total. The molecule has 3 heterocycles. The van der Waals surface area contributed by atoms with Crippen molar-refractivity contribution in [3.05, 3.63) is 29.8 Å². The van der Waals surface area contributed by atoms with Gasteiger partial charge in [0, 0.05) is 13.1 Å². The number of rotatable bonds is 7. The SMILES string of the molecule is CN(C)CCCCNC(=O)[C@@H]1C[C@@H]2C(=O)N3CCC[C@H]3C(=O)N2[C@@H]1c1ccc(O)cc1. The van der Waals surface area contributed by atoms with E-state index >= 15 is 0 Å². The van der Waals surface area contributed by atoms with Crippen molar-refractivity contribution in [3.8, 4) is 5.75 Å². The smallest absolute Gasteiger partial charge is 0.246 e. The Bertz CT molecular complexity index is 840. The van der Waals surface area contributed by atoms with Crippen LogP contribution in [-0.2, 0) is 14.4 Å². The zero-order valence-corrected chi connectivity index (χ0v) is 18.3. The Hall–Kier alpha value is -2.61. The molecule has 1 aromatic carbocycles. The predicted molar refractivity (Wildman–Crippen MR) is 115 cm³/mol. The molecule has 8 heteroatoms. The van der Waals surface area contributed by atoms with Gasteiger partial charge in [-0.1, -0.05) is 12.1 Å². The number of benzene rings is 1. The number of nitrogens with one attached hydrogen (secondary N) is 1. The van der Waals surface area contributed by atoms with Crippen molar-refractivity contribution in [2.45, 2.75) is 50.2 Å². The zero-order valence-electron chi connectivity index (χ0n) is 18.3. The van der Waals surface area contributed by atoms with Gasteiger partial charge >= 0.3 is 0 Å². The molecular weight excluding hydrogens is 396 g/mol. The van der Waals surface area contributed by atoms with E-state index in [1.165, 1.54) is 0 Å². The number of piperazine rings is 1. The summed E-state index contributed by atoms with van der Waals surface area (Å²) in [5.41, 5.74) is 0.778. The van der Waals surface area contributed by atoms with E-state index in [-0.39, 0.29) is 23.5 Å². The molecular formula is C23H32N4O4. The average Bonchev–Trinajstić information content (AvgIpc) is 3.38. The highest BCUT2D eigenvalue weighted by Gasteiger charge is 2.57. The summed E-state index contributed by atoms with van der Waals surface area (Å²) in [5, 5.41) is 12.7. The number of hydrogen-bond donors (Lipinski definition) is 2. The number of carbonyl (C=O) groups is 3. The fourth-order valence-corrected chi connectivity index (χ4v) is 5.24. The van der Waals surface area contributed by atoms with Gasteiger partial charge in [0.05, 0.1) is 12.0 Å². The molecule has 4 atom stereocenters. The molecule has 4 rings (SSSR count). The Kier molecular flexibility index (Phi) is 6.18. The highest BCUT2D eigenvalue weighted by Crippen LogP contribution is 2.46. The van der Waals surface area contributed by atoms with E-state index in [2.05, 4.69) is 10.2 Å². The van der Waals surface area contributed by atoms with Gasteiger partial charge in [-0.05, 0) is 70.4 Å². The highest BCUT2D eigenvalue weighted by molar-refractivity contribution is 5.99. The van der Waals surface area contributed by atoms with Gasteiger partial charge in [-0.2, -0.15) is 0 Å².